The number of benzene rings is 1. The Balaban J connectivity index is 2.53. The van der Waals surface area contributed by atoms with E-state index in [0.717, 1.165) is 15.8 Å². The van der Waals surface area contributed by atoms with E-state index in [2.05, 4.69) is 4.74 Å². The maximum absolute atomic E-state index is 11.3. The fraction of sp³-hybridized carbons (Fsp3) is 0.182. The Labute approximate surface area is 91.2 Å². The van der Waals surface area contributed by atoms with Crippen LogP contribution in [0.2, 0.25) is 0 Å². The fourth-order valence-corrected chi connectivity index (χ4v) is 2.35. The quantitative estimate of drug-likeness (QED) is 0.733. The highest BCUT2D eigenvalue weighted by Gasteiger charge is 2.09. The van der Waals surface area contributed by atoms with Crippen molar-refractivity contribution in [1.29, 1.82) is 0 Å². The van der Waals surface area contributed by atoms with Gasteiger partial charge in [0.25, 0.3) is 0 Å². The van der Waals surface area contributed by atoms with Gasteiger partial charge in [0.2, 0.25) is 0 Å². The predicted octanol–water partition coefficient (Wildman–Crippen LogP) is 2.70. The first-order valence-corrected chi connectivity index (χ1v) is 5.28. The van der Waals surface area contributed by atoms with Gasteiger partial charge in [-0.05, 0) is 18.2 Å². The first kappa shape index (κ1) is 9.98. The molecule has 0 aliphatic heterocycles. The summed E-state index contributed by atoms with van der Waals surface area (Å²) in [4.78, 5) is 11.3. The monoisotopic (exact) mass is 222 g/mol. The van der Waals surface area contributed by atoms with Crippen molar-refractivity contribution < 1.29 is 14.3 Å². The van der Waals surface area contributed by atoms with Crippen LogP contribution in [0.4, 0.5) is 0 Å². The van der Waals surface area contributed by atoms with Gasteiger partial charge in [0, 0.05) is 15.5 Å². The summed E-state index contributed by atoms with van der Waals surface area (Å²) in [7, 11) is 3.01. The maximum Gasteiger partial charge on any atom is 0.337 e. The van der Waals surface area contributed by atoms with Gasteiger partial charge in [-0.1, -0.05) is 0 Å². The van der Waals surface area contributed by atoms with Gasteiger partial charge in [0.1, 0.15) is 5.75 Å². The van der Waals surface area contributed by atoms with Crippen molar-refractivity contribution in [2.24, 2.45) is 0 Å². The van der Waals surface area contributed by atoms with Crippen molar-refractivity contribution in [3.8, 4) is 5.75 Å². The number of ether oxygens (including phenoxy) is 2. The third-order valence-corrected chi connectivity index (χ3v) is 3.10. The molecule has 15 heavy (non-hydrogen) atoms. The number of carbonyl (C=O) groups is 1. The SMILES string of the molecule is COC(=O)c1ccc2c(OC)csc2c1. The van der Waals surface area contributed by atoms with Crippen LogP contribution < -0.4 is 4.74 Å². The lowest BCUT2D eigenvalue weighted by Gasteiger charge is -2.00. The van der Waals surface area contributed by atoms with Crippen molar-refractivity contribution in [1.82, 2.24) is 0 Å². The molecule has 78 valence electrons. The highest BCUT2D eigenvalue weighted by Crippen LogP contribution is 2.32. The molecule has 0 N–H and O–H groups in total. The molecule has 0 bridgehead atoms. The molecule has 1 heterocycles. The molecule has 1 aromatic carbocycles. The number of carbonyl (C=O) groups excluding carboxylic acids is 1. The molecule has 0 fully saturated rings. The van der Waals surface area contributed by atoms with Gasteiger partial charge in [0.05, 0.1) is 19.8 Å². The van der Waals surface area contributed by atoms with Crippen molar-refractivity contribution in [2.45, 2.75) is 0 Å². The Hall–Kier alpha value is -1.55. The van der Waals surface area contributed by atoms with Crippen LogP contribution >= 0.6 is 11.3 Å². The summed E-state index contributed by atoms with van der Waals surface area (Å²) in [5.74, 6) is 0.524. The molecule has 1 aromatic heterocycles. The number of rotatable bonds is 2. The topological polar surface area (TPSA) is 35.5 Å². The summed E-state index contributed by atoms with van der Waals surface area (Å²) in [5, 5.41) is 2.95. The Morgan fingerprint density at radius 2 is 2.13 bits per heavy atom. The van der Waals surface area contributed by atoms with E-state index in [9.17, 15) is 4.79 Å². The number of esters is 1. The molecular weight excluding hydrogens is 212 g/mol. The zero-order chi connectivity index (χ0) is 10.8. The van der Waals surface area contributed by atoms with E-state index in [0.29, 0.717) is 5.56 Å². The van der Waals surface area contributed by atoms with Crippen molar-refractivity contribution >= 4 is 27.4 Å². The first-order chi connectivity index (χ1) is 7.26. The zero-order valence-electron chi connectivity index (χ0n) is 8.44. The van der Waals surface area contributed by atoms with E-state index in [1.165, 1.54) is 7.11 Å². The zero-order valence-corrected chi connectivity index (χ0v) is 9.26. The lowest BCUT2D eigenvalue weighted by molar-refractivity contribution is 0.0601. The Morgan fingerprint density at radius 3 is 2.80 bits per heavy atom. The lowest BCUT2D eigenvalue weighted by atomic mass is 10.2. The number of methoxy groups -OCH3 is 2. The highest BCUT2D eigenvalue weighted by molar-refractivity contribution is 7.17. The van der Waals surface area contributed by atoms with Crippen molar-refractivity contribution in [3.63, 3.8) is 0 Å². The number of hydrogen-bond donors (Lipinski definition) is 0. The van der Waals surface area contributed by atoms with Gasteiger partial charge in [-0.15, -0.1) is 11.3 Å². The van der Waals surface area contributed by atoms with Crippen molar-refractivity contribution in [3.05, 3.63) is 29.1 Å². The van der Waals surface area contributed by atoms with Gasteiger partial charge >= 0.3 is 5.97 Å². The molecule has 0 spiro atoms. The highest BCUT2D eigenvalue weighted by atomic mass is 32.1. The molecule has 0 amide bonds. The molecule has 4 heteroatoms. The van der Waals surface area contributed by atoms with Crippen LogP contribution in [-0.2, 0) is 4.74 Å². The van der Waals surface area contributed by atoms with E-state index < -0.39 is 0 Å². The van der Waals surface area contributed by atoms with E-state index in [4.69, 9.17) is 4.74 Å². The molecule has 0 saturated carbocycles. The Bertz CT molecular complexity index is 502. The van der Waals surface area contributed by atoms with Gasteiger partial charge in [0.15, 0.2) is 0 Å². The van der Waals surface area contributed by atoms with Crippen LogP contribution in [0.15, 0.2) is 23.6 Å². The molecule has 0 aliphatic carbocycles. The summed E-state index contributed by atoms with van der Waals surface area (Å²) in [5.41, 5.74) is 0.564. The summed E-state index contributed by atoms with van der Waals surface area (Å²) < 4.78 is 10.9. The second kappa shape index (κ2) is 3.90. The normalized spacial score (nSPS) is 10.3. The summed E-state index contributed by atoms with van der Waals surface area (Å²) >= 11 is 1.55. The molecule has 2 rings (SSSR count). The minimum atomic E-state index is -0.315. The summed E-state index contributed by atoms with van der Waals surface area (Å²) in [6.07, 6.45) is 0. The molecule has 0 atom stereocenters. The minimum absolute atomic E-state index is 0.315. The third-order valence-electron chi connectivity index (χ3n) is 2.18. The van der Waals surface area contributed by atoms with Crippen LogP contribution in [0, 0.1) is 0 Å². The number of hydrogen-bond acceptors (Lipinski definition) is 4. The Kier molecular flexibility index (Phi) is 2.60. The smallest absolute Gasteiger partial charge is 0.337 e. The van der Waals surface area contributed by atoms with Crippen LogP contribution in [-0.4, -0.2) is 20.2 Å². The van der Waals surface area contributed by atoms with Crippen LogP contribution in [0.5, 0.6) is 5.75 Å². The first-order valence-electron chi connectivity index (χ1n) is 4.40. The molecule has 0 saturated heterocycles. The molecule has 2 aromatic rings. The standard InChI is InChI=1S/C11H10O3S/c1-13-9-6-15-10-5-7(11(12)14-2)3-4-8(9)10/h3-6H,1-2H3. The van der Waals surface area contributed by atoms with Gasteiger partial charge in [-0.2, -0.15) is 0 Å². The molecule has 0 unspecified atom stereocenters. The molecule has 0 aliphatic rings. The minimum Gasteiger partial charge on any atom is -0.495 e. The van der Waals surface area contributed by atoms with E-state index in [1.807, 2.05) is 17.5 Å². The molecule has 0 radical (unpaired) electrons. The third kappa shape index (κ3) is 1.68. The van der Waals surface area contributed by atoms with Gasteiger partial charge < -0.3 is 9.47 Å². The predicted molar refractivity (Wildman–Crippen MR) is 59.7 cm³/mol. The van der Waals surface area contributed by atoms with E-state index in [1.54, 1.807) is 24.5 Å². The summed E-state index contributed by atoms with van der Waals surface area (Å²) in [6, 6.07) is 5.43. The average molecular weight is 222 g/mol. The van der Waals surface area contributed by atoms with E-state index >= 15 is 0 Å². The van der Waals surface area contributed by atoms with Gasteiger partial charge in [-0.3, -0.25) is 0 Å². The van der Waals surface area contributed by atoms with E-state index in [-0.39, 0.29) is 5.97 Å². The fourth-order valence-electron chi connectivity index (χ4n) is 1.41. The second-order valence-electron chi connectivity index (χ2n) is 3.01. The lowest BCUT2D eigenvalue weighted by Crippen LogP contribution is -1.99. The summed E-state index contributed by atoms with van der Waals surface area (Å²) in [6.45, 7) is 0. The second-order valence-corrected chi connectivity index (χ2v) is 3.92. The van der Waals surface area contributed by atoms with Crippen LogP contribution in [0.25, 0.3) is 10.1 Å². The average Bonchev–Trinajstić information content (AvgIpc) is 2.69. The molecule has 3 nitrogen and oxygen atoms in total. The van der Waals surface area contributed by atoms with Gasteiger partial charge in [-0.25, -0.2) is 4.79 Å². The van der Waals surface area contributed by atoms with Crippen LogP contribution in [0.1, 0.15) is 10.4 Å². The molecular formula is C11H10O3S. The van der Waals surface area contributed by atoms with Crippen LogP contribution in [0.3, 0.4) is 0 Å². The number of thiophene rings is 1. The number of fused-ring (bicyclic) bond motifs is 1. The largest absolute Gasteiger partial charge is 0.495 e. The maximum atomic E-state index is 11.3. The van der Waals surface area contributed by atoms with Crippen molar-refractivity contribution in [2.75, 3.05) is 14.2 Å². The Morgan fingerprint density at radius 1 is 1.33 bits per heavy atom.